The second kappa shape index (κ2) is 7.50. The van der Waals surface area contributed by atoms with Gasteiger partial charge in [0.25, 0.3) is 0 Å². The highest BCUT2D eigenvalue weighted by Gasteiger charge is 2.27. The van der Waals surface area contributed by atoms with Gasteiger partial charge in [-0.25, -0.2) is 0 Å². The SMILES string of the molecule is CN=C(NCC(=O)NC(C)C)NC1CCC(C)(C)CC1. The van der Waals surface area contributed by atoms with Gasteiger partial charge in [0.05, 0.1) is 6.54 Å². The number of amides is 1. The largest absolute Gasteiger partial charge is 0.354 e. The van der Waals surface area contributed by atoms with Crippen molar-refractivity contribution < 1.29 is 4.79 Å². The molecule has 1 aliphatic rings. The number of hydrogen-bond donors (Lipinski definition) is 3. The molecule has 20 heavy (non-hydrogen) atoms. The van der Waals surface area contributed by atoms with E-state index in [1.54, 1.807) is 7.05 Å². The Morgan fingerprint density at radius 1 is 1.30 bits per heavy atom. The predicted molar refractivity (Wildman–Crippen MR) is 83.8 cm³/mol. The standard InChI is InChI=1S/C15H30N4O/c1-11(2)18-13(20)10-17-14(16-5)19-12-6-8-15(3,4)9-7-12/h11-12H,6-10H2,1-5H3,(H,18,20)(H2,16,17,19). The van der Waals surface area contributed by atoms with Gasteiger partial charge in [0, 0.05) is 19.1 Å². The number of nitrogens with one attached hydrogen (secondary N) is 3. The first kappa shape index (κ1) is 16.8. The molecule has 0 aromatic rings. The van der Waals surface area contributed by atoms with Crippen molar-refractivity contribution in [3.63, 3.8) is 0 Å². The number of hydrogen-bond acceptors (Lipinski definition) is 2. The molecule has 1 fully saturated rings. The van der Waals surface area contributed by atoms with Gasteiger partial charge in [-0.2, -0.15) is 0 Å². The number of carbonyl (C=O) groups excluding carboxylic acids is 1. The zero-order chi connectivity index (χ0) is 15.2. The molecule has 1 saturated carbocycles. The summed E-state index contributed by atoms with van der Waals surface area (Å²) < 4.78 is 0. The molecule has 0 spiro atoms. The van der Waals surface area contributed by atoms with E-state index >= 15 is 0 Å². The molecule has 0 bridgehead atoms. The van der Waals surface area contributed by atoms with E-state index in [0.717, 1.165) is 12.8 Å². The summed E-state index contributed by atoms with van der Waals surface area (Å²) in [7, 11) is 1.74. The lowest BCUT2D eigenvalue weighted by Gasteiger charge is -2.35. The molecule has 1 rings (SSSR count). The Hall–Kier alpha value is -1.26. The molecule has 0 unspecified atom stereocenters. The second-order valence-corrected chi connectivity index (χ2v) is 6.73. The first-order valence-electron chi connectivity index (χ1n) is 7.59. The lowest BCUT2D eigenvalue weighted by Crippen LogP contribution is -2.48. The van der Waals surface area contributed by atoms with Crippen molar-refractivity contribution in [2.24, 2.45) is 10.4 Å². The topological polar surface area (TPSA) is 65.5 Å². The Morgan fingerprint density at radius 2 is 1.90 bits per heavy atom. The summed E-state index contributed by atoms with van der Waals surface area (Å²) in [5.41, 5.74) is 0.465. The molecule has 3 N–H and O–H groups in total. The lowest BCUT2D eigenvalue weighted by molar-refractivity contribution is -0.120. The normalized spacial score (nSPS) is 19.8. The third-order valence-electron chi connectivity index (χ3n) is 3.77. The van der Waals surface area contributed by atoms with Crippen molar-refractivity contribution in [2.45, 2.75) is 65.5 Å². The zero-order valence-electron chi connectivity index (χ0n) is 13.5. The minimum Gasteiger partial charge on any atom is -0.354 e. The van der Waals surface area contributed by atoms with Crippen molar-refractivity contribution in [1.82, 2.24) is 16.0 Å². The van der Waals surface area contributed by atoms with Gasteiger partial charge in [0.15, 0.2) is 5.96 Å². The van der Waals surface area contributed by atoms with Crippen LogP contribution in [0.25, 0.3) is 0 Å². The van der Waals surface area contributed by atoms with Gasteiger partial charge in [-0.3, -0.25) is 9.79 Å². The first-order chi connectivity index (χ1) is 9.32. The fourth-order valence-electron chi connectivity index (χ4n) is 2.47. The van der Waals surface area contributed by atoms with Crippen molar-refractivity contribution in [1.29, 1.82) is 0 Å². The van der Waals surface area contributed by atoms with Crippen LogP contribution in [0.1, 0.15) is 53.4 Å². The maximum atomic E-state index is 11.6. The highest BCUT2D eigenvalue weighted by molar-refractivity contribution is 5.86. The molecule has 0 radical (unpaired) electrons. The minimum absolute atomic E-state index is 0.00673. The fraction of sp³-hybridized carbons (Fsp3) is 0.867. The predicted octanol–water partition coefficient (Wildman–Crippen LogP) is 1.64. The number of rotatable bonds is 4. The van der Waals surface area contributed by atoms with Crippen LogP contribution in [-0.4, -0.2) is 37.5 Å². The van der Waals surface area contributed by atoms with Crippen LogP contribution in [0.4, 0.5) is 0 Å². The van der Waals surface area contributed by atoms with Crippen LogP contribution in [0.3, 0.4) is 0 Å². The number of guanidine groups is 1. The average Bonchev–Trinajstić information content (AvgIpc) is 2.35. The Bertz CT molecular complexity index is 340. The van der Waals surface area contributed by atoms with Gasteiger partial charge in [-0.15, -0.1) is 0 Å². The van der Waals surface area contributed by atoms with Crippen LogP contribution in [-0.2, 0) is 4.79 Å². The van der Waals surface area contributed by atoms with Crippen molar-refractivity contribution in [2.75, 3.05) is 13.6 Å². The molecule has 0 heterocycles. The summed E-state index contributed by atoms with van der Waals surface area (Å²) in [5, 5.41) is 9.33. The third kappa shape index (κ3) is 6.26. The van der Waals surface area contributed by atoms with Crippen LogP contribution in [0, 0.1) is 5.41 Å². The van der Waals surface area contributed by atoms with Crippen LogP contribution in [0.5, 0.6) is 0 Å². The number of carbonyl (C=O) groups is 1. The smallest absolute Gasteiger partial charge is 0.239 e. The van der Waals surface area contributed by atoms with Gasteiger partial charge < -0.3 is 16.0 Å². The molecule has 116 valence electrons. The van der Waals surface area contributed by atoms with E-state index < -0.39 is 0 Å². The van der Waals surface area contributed by atoms with Crippen molar-refractivity contribution in [3.05, 3.63) is 0 Å². The summed E-state index contributed by atoms with van der Waals surface area (Å²) in [6.45, 7) is 8.82. The van der Waals surface area contributed by atoms with Crippen LogP contribution in [0.2, 0.25) is 0 Å². The summed E-state index contributed by atoms with van der Waals surface area (Å²) in [6.07, 6.45) is 4.78. The molecule has 5 heteroatoms. The highest BCUT2D eigenvalue weighted by Crippen LogP contribution is 2.34. The van der Waals surface area contributed by atoms with Crippen molar-refractivity contribution >= 4 is 11.9 Å². The summed E-state index contributed by atoms with van der Waals surface area (Å²) in [4.78, 5) is 15.8. The molecule has 5 nitrogen and oxygen atoms in total. The maximum Gasteiger partial charge on any atom is 0.239 e. The molecular formula is C15H30N4O. The van der Waals surface area contributed by atoms with E-state index in [0.29, 0.717) is 17.4 Å². The molecule has 0 saturated heterocycles. The fourth-order valence-corrected chi connectivity index (χ4v) is 2.47. The molecule has 1 aliphatic carbocycles. The molecule has 0 aromatic carbocycles. The summed E-state index contributed by atoms with van der Waals surface area (Å²) in [5.74, 6) is 0.710. The third-order valence-corrected chi connectivity index (χ3v) is 3.77. The van der Waals surface area contributed by atoms with Crippen molar-refractivity contribution in [3.8, 4) is 0 Å². The molecule has 0 aliphatic heterocycles. The van der Waals surface area contributed by atoms with E-state index in [2.05, 4.69) is 34.8 Å². The Balaban J connectivity index is 2.32. The highest BCUT2D eigenvalue weighted by atomic mass is 16.1. The van der Waals surface area contributed by atoms with Gasteiger partial charge in [0.2, 0.25) is 5.91 Å². The maximum absolute atomic E-state index is 11.6. The van der Waals surface area contributed by atoms with Gasteiger partial charge in [0.1, 0.15) is 0 Å². The first-order valence-corrected chi connectivity index (χ1v) is 7.59. The van der Waals surface area contributed by atoms with E-state index in [4.69, 9.17) is 0 Å². The van der Waals surface area contributed by atoms with Crippen LogP contribution in [0.15, 0.2) is 4.99 Å². The Labute approximate surface area is 123 Å². The molecular weight excluding hydrogens is 252 g/mol. The number of nitrogens with zero attached hydrogens (tertiary/aromatic N) is 1. The van der Waals surface area contributed by atoms with Crippen LogP contribution < -0.4 is 16.0 Å². The zero-order valence-corrected chi connectivity index (χ0v) is 13.5. The van der Waals surface area contributed by atoms with Gasteiger partial charge in [-0.05, 0) is 44.9 Å². The number of aliphatic imine (C=N–C) groups is 1. The summed E-state index contributed by atoms with van der Waals surface area (Å²) >= 11 is 0. The van der Waals surface area contributed by atoms with Crippen LogP contribution >= 0.6 is 0 Å². The Morgan fingerprint density at radius 3 is 2.40 bits per heavy atom. The lowest BCUT2D eigenvalue weighted by atomic mass is 9.75. The van der Waals surface area contributed by atoms with E-state index in [-0.39, 0.29) is 18.5 Å². The van der Waals surface area contributed by atoms with E-state index in [1.807, 2.05) is 13.8 Å². The van der Waals surface area contributed by atoms with Gasteiger partial charge >= 0.3 is 0 Å². The molecule has 0 atom stereocenters. The molecule has 1 amide bonds. The quantitative estimate of drug-likeness (QED) is 0.542. The van der Waals surface area contributed by atoms with E-state index in [1.165, 1.54) is 12.8 Å². The minimum atomic E-state index is -0.00673. The second-order valence-electron chi connectivity index (χ2n) is 6.73. The summed E-state index contributed by atoms with van der Waals surface area (Å²) in [6, 6.07) is 0.627. The Kier molecular flexibility index (Phi) is 6.30. The monoisotopic (exact) mass is 282 g/mol. The molecule has 0 aromatic heterocycles. The van der Waals surface area contributed by atoms with Gasteiger partial charge in [-0.1, -0.05) is 13.8 Å². The average molecular weight is 282 g/mol. The van der Waals surface area contributed by atoms with E-state index in [9.17, 15) is 4.79 Å².